The largest absolute Gasteiger partial charge is 0.381 e. The van der Waals surface area contributed by atoms with Crippen LogP contribution < -0.4 is 11.1 Å². The first-order chi connectivity index (χ1) is 9.06. The molecule has 0 saturated carbocycles. The number of halogens is 2. The molecule has 0 atom stereocenters. The molecule has 0 aliphatic carbocycles. The fourth-order valence-electron chi connectivity index (χ4n) is 1.54. The van der Waals surface area contributed by atoms with Crippen LogP contribution in [0.1, 0.15) is 16.1 Å². The predicted octanol–water partition coefficient (Wildman–Crippen LogP) is 2.07. The molecular weight excluding hydrogens is 252 g/mol. The monoisotopic (exact) mass is 263 g/mol. The van der Waals surface area contributed by atoms with Gasteiger partial charge in [-0.1, -0.05) is 6.07 Å². The molecule has 2 rings (SSSR count). The molecule has 2 aromatic rings. The number of benzene rings is 1. The van der Waals surface area contributed by atoms with Gasteiger partial charge >= 0.3 is 0 Å². The Kier molecular flexibility index (Phi) is 3.70. The van der Waals surface area contributed by atoms with Crippen LogP contribution in [-0.4, -0.2) is 10.9 Å². The quantitative estimate of drug-likeness (QED) is 0.887. The molecule has 19 heavy (non-hydrogen) atoms. The van der Waals surface area contributed by atoms with E-state index < -0.39 is 17.5 Å². The van der Waals surface area contributed by atoms with Crippen molar-refractivity contribution in [1.29, 1.82) is 0 Å². The smallest absolute Gasteiger partial charge is 0.267 e. The Bertz CT molecular complexity index is 617. The highest BCUT2D eigenvalue weighted by atomic mass is 19.1. The van der Waals surface area contributed by atoms with Gasteiger partial charge in [0.25, 0.3) is 5.91 Å². The summed E-state index contributed by atoms with van der Waals surface area (Å²) in [7, 11) is 0. The summed E-state index contributed by atoms with van der Waals surface area (Å²) in [6.07, 6.45) is 1.42. The molecule has 3 N–H and O–H groups in total. The zero-order valence-corrected chi connectivity index (χ0v) is 9.86. The van der Waals surface area contributed by atoms with Crippen LogP contribution >= 0.6 is 0 Å². The average molecular weight is 263 g/mol. The van der Waals surface area contributed by atoms with Crippen LogP contribution in [0.5, 0.6) is 0 Å². The van der Waals surface area contributed by atoms with Crippen molar-refractivity contribution in [3.63, 3.8) is 0 Å². The number of rotatable bonds is 4. The standard InChI is InChI=1S/C13H11F2N3O/c14-9-2-1-8(11(15)5-9)7-18-10-3-4-17-12(6-10)13(16)19/h1-6H,7H2,(H2,16,19)(H,17,18). The van der Waals surface area contributed by atoms with Crippen LogP contribution in [0.25, 0.3) is 0 Å². The summed E-state index contributed by atoms with van der Waals surface area (Å²) in [6, 6.07) is 6.44. The Morgan fingerprint density at radius 1 is 1.26 bits per heavy atom. The molecule has 0 saturated heterocycles. The highest BCUT2D eigenvalue weighted by Crippen LogP contribution is 2.13. The molecule has 0 radical (unpaired) electrons. The molecule has 1 aromatic carbocycles. The lowest BCUT2D eigenvalue weighted by Gasteiger charge is -2.08. The maximum absolute atomic E-state index is 13.4. The average Bonchev–Trinajstić information content (AvgIpc) is 2.38. The summed E-state index contributed by atoms with van der Waals surface area (Å²) in [5.74, 6) is -1.89. The molecule has 1 amide bonds. The summed E-state index contributed by atoms with van der Waals surface area (Å²) in [5.41, 5.74) is 6.11. The van der Waals surface area contributed by atoms with E-state index in [2.05, 4.69) is 10.3 Å². The maximum atomic E-state index is 13.4. The Morgan fingerprint density at radius 2 is 2.05 bits per heavy atom. The number of nitrogens with zero attached hydrogens (tertiary/aromatic N) is 1. The number of hydrogen-bond acceptors (Lipinski definition) is 3. The van der Waals surface area contributed by atoms with Gasteiger partial charge in [-0.3, -0.25) is 9.78 Å². The van der Waals surface area contributed by atoms with Gasteiger partial charge in [-0.2, -0.15) is 0 Å². The van der Waals surface area contributed by atoms with E-state index in [4.69, 9.17) is 5.73 Å². The number of aromatic nitrogens is 1. The van der Waals surface area contributed by atoms with E-state index in [-0.39, 0.29) is 12.2 Å². The van der Waals surface area contributed by atoms with Crippen molar-refractivity contribution in [2.75, 3.05) is 5.32 Å². The van der Waals surface area contributed by atoms with E-state index in [9.17, 15) is 13.6 Å². The Balaban J connectivity index is 2.10. The predicted molar refractivity (Wildman–Crippen MR) is 66.4 cm³/mol. The van der Waals surface area contributed by atoms with Gasteiger partial charge in [0, 0.05) is 30.1 Å². The van der Waals surface area contributed by atoms with Gasteiger partial charge in [-0.15, -0.1) is 0 Å². The van der Waals surface area contributed by atoms with Gasteiger partial charge in [-0.05, 0) is 18.2 Å². The number of nitrogens with one attached hydrogen (secondary N) is 1. The zero-order valence-electron chi connectivity index (χ0n) is 9.86. The van der Waals surface area contributed by atoms with Crippen LogP contribution in [-0.2, 0) is 6.54 Å². The van der Waals surface area contributed by atoms with Crippen LogP contribution in [0.2, 0.25) is 0 Å². The van der Waals surface area contributed by atoms with E-state index in [1.165, 1.54) is 24.4 Å². The first-order valence-corrected chi connectivity index (χ1v) is 5.50. The highest BCUT2D eigenvalue weighted by molar-refractivity contribution is 5.91. The van der Waals surface area contributed by atoms with E-state index in [1.54, 1.807) is 6.07 Å². The van der Waals surface area contributed by atoms with Crippen LogP contribution in [0.3, 0.4) is 0 Å². The third kappa shape index (κ3) is 3.25. The van der Waals surface area contributed by atoms with Crippen molar-refractivity contribution in [1.82, 2.24) is 4.98 Å². The fourth-order valence-corrected chi connectivity index (χ4v) is 1.54. The Morgan fingerprint density at radius 3 is 2.74 bits per heavy atom. The highest BCUT2D eigenvalue weighted by Gasteiger charge is 2.05. The molecule has 4 nitrogen and oxygen atoms in total. The number of carbonyl (C=O) groups excluding carboxylic acids is 1. The molecule has 0 aliphatic heterocycles. The lowest BCUT2D eigenvalue weighted by atomic mass is 10.2. The van der Waals surface area contributed by atoms with Crippen molar-refractivity contribution in [3.8, 4) is 0 Å². The number of carbonyl (C=O) groups is 1. The SMILES string of the molecule is NC(=O)c1cc(NCc2ccc(F)cc2F)ccn1. The van der Waals surface area contributed by atoms with Crippen LogP contribution in [0.4, 0.5) is 14.5 Å². The summed E-state index contributed by atoms with van der Waals surface area (Å²) in [6.45, 7) is 0.161. The minimum Gasteiger partial charge on any atom is -0.381 e. The molecule has 1 aromatic heterocycles. The number of pyridine rings is 1. The molecule has 6 heteroatoms. The molecule has 1 heterocycles. The van der Waals surface area contributed by atoms with Gasteiger partial charge in [0.1, 0.15) is 17.3 Å². The number of primary amides is 1. The molecule has 98 valence electrons. The second-order valence-electron chi connectivity index (χ2n) is 3.88. The number of nitrogens with two attached hydrogens (primary N) is 1. The fraction of sp³-hybridized carbons (Fsp3) is 0.0769. The second-order valence-corrected chi connectivity index (χ2v) is 3.88. The van der Waals surface area contributed by atoms with Gasteiger partial charge in [-0.25, -0.2) is 8.78 Å². The first-order valence-electron chi connectivity index (χ1n) is 5.50. The summed E-state index contributed by atoms with van der Waals surface area (Å²) < 4.78 is 26.1. The maximum Gasteiger partial charge on any atom is 0.267 e. The van der Waals surface area contributed by atoms with E-state index in [1.807, 2.05) is 0 Å². The Labute approximate surface area is 108 Å². The topological polar surface area (TPSA) is 68.0 Å². The minimum atomic E-state index is -0.642. The zero-order chi connectivity index (χ0) is 13.8. The van der Waals surface area contributed by atoms with Crippen molar-refractivity contribution < 1.29 is 13.6 Å². The van der Waals surface area contributed by atoms with Crippen molar-refractivity contribution in [2.45, 2.75) is 6.54 Å². The second kappa shape index (κ2) is 5.43. The van der Waals surface area contributed by atoms with Crippen molar-refractivity contribution >= 4 is 11.6 Å². The molecule has 0 fully saturated rings. The summed E-state index contributed by atoms with van der Waals surface area (Å²) in [4.78, 5) is 14.7. The summed E-state index contributed by atoms with van der Waals surface area (Å²) >= 11 is 0. The molecular formula is C13H11F2N3O. The number of amides is 1. The van der Waals surface area contributed by atoms with Gasteiger partial charge in [0.15, 0.2) is 0 Å². The number of anilines is 1. The third-order valence-corrected chi connectivity index (χ3v) is 2.51. The minimum absolute atomic E-state index is 0.115. The normalized spacial score (nSPS) is 10.2. The van der Waals surface area contributed by atoms with E-state index in [0.29, 0.717) is 11.3 Å². The molecule has 0 unspecified atom stereocenters. The van der Waals surface area contributed by atoms with Gasteiger partial charge < -0.3 is 11.1 Å². The van der Waals surface area contributed by atoms with E-state index >= 15 is 0 Å². The van der Waals surface area contributed by atoms with Crippen molar-refractivity contribution in [2.24, 2.45) is 5.73 Å². The van der Waals surface area contributed by atoms with Crippen LogP contribution in [0.15, 0.2) is 36.5 Å². The van der Waals surface area contributed by atoms with Gasteiger partial charge in [0.2, 0.25) is 0 Å². The molecule has 0 spiro atoms. The lowest BCUT2D eigenvalue weighted by molar-refractivity contribution is 0.0995. The number of hydrogen-bond donors (Lipinski definition) is 2. The molecule has 0 aliphatic rings. The van der Waals surface area contributed by atoms with E-state index in [0.717, 1.165) is 6.07 Å². The van der Waals surface area contributed by atoms with Crippen molar-refractivity contribution in [3.05, 3.63) is 59.4 Å². The van der Waals surface area contributed by atoms with Crippen LogP contribution in [0, 0.1) is 11.6 Å². The third-order valence-electron chi connectivity index (χ3n) is 2.51. The lowest BCUT2D eigenvalue weighted by Crippen LogP contribution is -2.13. The molecule has 0 bridgehead atoms. The summed E-state index contributed by atoms with van der Waals surface area (Å²) in [5, 5.41) is 2.91. The Hall–Kier alpha value is -2.50. The van der Waals surface area contributed by atoms with Gasteiger partial charge in [0.05, 0.1) is 0 Å². The first kappa shape index (κ1) is 12.9.